The van der Waals surface area contributed by atoms with E-state index in [1.54, 1.807) is 18.2 Å². The van der Waals surface area contributed by atoms with Crippen molar-refractivity contribution >= 4 is 32.9 Å². The summed E-state index contributed by atoms with van der Waals surface area (Å²) in [5.74, 6) is -0.549. The highest BCUT2D eigenvalue weighted by molar-refractivity contribution is 9.11. The number of carboxylic acids is 1. The van der Waals surface area contributed by atoms with Crippen molar-refractivity contribution in [1.29, 1.82) is 0 Å². The van der Waals surface area contributed by atoms with Gasteiger partial charge < -0.3 is 14.8 Å². The highest BCUT2D eigenvalue weighted by Crippen LogP contribution is 2.25. The van der Waals surface area contributed by atoms with Gasteiger partial charge in [-0.15, -0.1) is 0 Å². The Labute approximate surface area is 112 Å². The molecule has 0 spiro atoms. The van der Waals surface area contributed by atoms with E-state index >= 15 is 0 Å². The molecule has 18 heavy (non-hydrogen) atoms. The first-order chi connectivity index (χ1) is 8.59. The number of aromatic carboxylic acids is 1. The van der Waals surface area contributed by atoms with E-state index in [9.17, 15) is 9.90 Å². The number of rotatable bonds is 5. The lowest BCUT2D eigenvalue weighted by Crippen LogP contribution is -2.15. The molecule has 0 bridgehead atoms. The Bertz CT molecular complexity index is 603. The van der Waals surface area contributed by atoms with Crippen LogP contribution in [0.4, 0.5) is 0 Å². The van der Waals surface area contributed by atoms with Crippen LogP contribution in [-0.2, 0) is 6.54 Å². The summed E-state index contributed by atoms with van der Waals surface area (Å²) in [6.45, 7) is 4.59. The molecule has 2 aromatic rings. The fraction of sp³-hybridized carbons (Fsp3) is 0.154. The van der Waals surface area contributed by atoms with Crippen LogP contribution in [0.3, 0.4) is 0 Å². The Kier molecular flexibility index (Phi) is 3.84. The summed E-state index contributed by atoms with van der Waals surface area (Å²) in [6.07, 6.45) is 0. The molecule has 0 saturated heterocycles. The number of benzene rings is 1. The van der Waals surface area contributed by atoms with Gasteiger partial charge in [0.2, 0.25) is 0 Å². The third kappa shape index (κ3) is 2.63. The van der Waals surface area contributed by atoms with Crippen LogP contribution in [0, 0.1) is 0 Å². The monoisotopic (exact) mass is 309 g/mol. The molecule has 4 nitrogen and oxygen atoms in total. The Hall–Kier alpha value is -1.59. The molecule has 1 heterocycles. The lowest BCUT2D eigenvalue weighted by Gasteiger charge is -2.01. The van der Waals surface area contributed by atoms with E-state index in [-0.39, 0.29) is 5.56 Å². The maximum absolute atomic E-state index is 11.3. The fourth-order valence-electron chi connectivity index (χ4n) is 1.77. The molecule has 0 amide bonds. The first-order valence-electron chi connectivity index (χ1n) is 5.37. The average molecular weight is 310 g/mol. The second kappa shape index (κ2) is 5.37. The molecule has 0 unspecified atom stereocenters. The van der Waals surface area contributed by atoms with Crippen LogP contribution in [0.5, 0.6) is 0 Å². The van der Waals surface area contributed by atoms with E-state index in [2.05, 4.69) is 27.8 Å². The molecule has 1 aromatic carbocycles. The maximum Gasteiger partial charge on any atom is 0.339 e. The second-order valence-corrected chi connectivity index (χ2v) is 4.94. The zero-order valence-electron chi connectivity index (χ0n) is 9.57. The molecule has 94 valence electrons. The molecule has 2 rings (SSSR count). The predicted molar refractivity (Wildman–Crippen MR) is 72.9 cm³/mol. The van der Waals surface area contributed by atoms with E-state index in [0.29, 0.717) is 29.8 Å². The van der Waals surface area contributed by atoms with E-state index in [0.717, 1.165) is 4.48 Å². The topological polar surface area (TPSA) is 62.5 Å². The number of halogens is 1. The lowest BCUT2D eigenvalue weighted by atomic mass is 10.1. The number of carbonyl (C=O) groups is 1. The number of furan rings is 1. The van der Waals surface area contributed by atoms with Crippen molar-refractivity contribution < 1.29 is 14.3 Å². The van der Waals surface area contributed by atoms with Gasteiger partial charge in [-0.1, -0.05) is 40.7 Å². The van der Waals surface area contributed by atoms with Crippen LogP contribution < -0.4 is 5.32 Å². The summed E-state index contributed by atoms with van der Waals surface area (Å²) >= 11 is 3.23. The predicted octanol–water partition coefficient (Wildman–Crippen LogP) is 3.13. The summed E-state index contributed by atoms with van der Waals surface area (Å²) in [6, 6.07) is 7.11. The minimum atomic E-state index is -0.977. The van der Waals surface area contributed by atoms with Gasteiger partial charge in [-0.25, -0.2) is 4.79 Å². The van der Waals surface area contributed by atoms with Gasteiger partial charge in [0.25, 0.3) is 0 Å². The first-order valence-corrected chi connectivity index (χ1v) is 6.16. The number of fused-ring (bicyclic) bond motifs is 1. The highest BCUT2D eigenvalue weighted by atomic mass is 79.9. The molecule has 0 fully saturated rings. The van der Waals surface area contributed by atoms with E-state index < -0.39 is 5.97 Å². The smallest absolute Gasteiger partial charge is 0.339 e. The molecule has 1 aromatic heterocycles. The molecule has 0 aliphatic rings. The van der Waals surface area contributed by atoms with Crippen molar-refractivity contribution in [2.75, 3.05) is 6.54 Å². The largest absolute Gasteiger partial charge is 0.478 e. The van der Waals surface area contributed by atoms with Crippen LogP contribution in [-0.4, -0.2) is 17.6 Å². The van der Waals surface area contributed by atoms with Gasteiger partial charge in [0, 0.05) is 16.4 Å². The van der Waals surface area contributed by atoms with Gasteiger partial charge in [0.15, 0.2) is 0 Å². The molecule has 0 radical (unpaired) electrons. The van der Waals surface area contributed by atoms with Gasteiger partial charge in [-0.2, -0.15) is 0 Å². The quantitative estimate of drug-likeness (QED) is 0.890. The summed E-state index contributed by atoms with van der Waals surface area (Å²) in [5.41, 5.74) is 0.808. The minimum Gasteiger partial charge on any atom is -0.478 e. The van der Waals surface area contributed by atoms with Gasteiger partial charge in [0.1, 0.15) is 16.9 Å². The van der Waals surface area contributed by atoms with E-state index in [1.165, 1.54) is 0 Å². The van der Waals surface area contributed by atoms with Crippen molar-refractivity contribution in [3.05, 3.63) is 46.7 Å². The van der Waals surface area contributed by atoms with Crippen LogP contribution in [0.15, 0.2) is 39.7 Å². The van der Waals surface area contributed by atoms with Gasteiger partial charge >= 0.3 is 5.97 Å². The Balaban J connectivity index is 2.34. The zero-order chi connectivity index (χ0) is 13.1. The maximum atomic E-state index is 11.3. The third-order valence-electron chi connectivity index (χ3n) is 2.48. The number of hydrogen-bond acceptors (Lipinski definition) is 3. The van der Waals surface area contributed by atoms with Crippen LogP contribution >= 0.6 is 15.9 Å². The number of para-hydroxylation sites is 1. The lowest BCUT2D eigenvalue weighted by molar-refractivity contribution is 0.0696. The van der Waals surface area contributed by atoms with E-state index in [4.69, 9.17) is 4.42 Å². The summed E-state index contributed by atoms with van der Waals surface area (Å²) in [7, 11) is 0. The summed E-state index contributed by atoms with van der Waals surface area (Å²) in [5, 5.41) is 12.9. The molecule has 0 atom stereocenters. The van der Waals surface area contributed by atoms with Crippen molar-refractivity contribution in [2.45, 2.75) is 6.54 Å². The van der Waals surface area contributed by atoms with Gasteiger partial charge in [0.05, 0.1) is 6.54 Å². The van der Waals surface area contributed by atoms with Crippen molar-refractivity contribution in [3.63, 3.8) is 0 Å². The summed E-state index contributed by atoms with van der Waals surface area (Å²) < 4.78 is 6.36. The highest BCUT2D eigenvalue weighted by Gasteiger charge is 2.19. The SMILES string of the molecule is C=C(Br)CNCc1oc2ccccc2c1C(=O)O. The minimum absolute atomic E-state index is 0.221. The van der Waals surface area contributed by atoms with Crippen LogP contribution in [0.25, 0.3) is 11.0 Å². The fourth-order valence-corrected chi connectivity index (χ4v) is 1.97. The van der Waals surface area contributed by atoms with Crippen molar-refractivity contribution in [2.24, 2.45) is 0 Å². The first kappa shape index (κ1) is 12.9. The Morgan fingerprint density at radius 2 is 2.17 bits per heavy atom. The molecule has 5 heteroatoms. The Morgan fingerprint density at radius 1 is 1.44 bits per heavy atom. The third-order valence-corrected chi connectivity index (χ3v) is 2.76. The van der Waals surface area contributed by atoms with Gasteiger partial charge in [-0.3, -0.25) is 0 Å². The second-order valence-electron chi connectivity index (χ2n) is 3.82. The number of carboxylic acid groups (broad SMARTS) is 1. The normalized spacial score (nSPS) is 10.7. The zero-order valence-corrected chi connectivity index (χ0v) is 11.2. The van der Waals surface area contributed by atoms with Crippen molar-refractivity contribution in [3.8, 4) is 0 Å². The number of nitrogens with one attached hydrogen (secondary N) is 1. The average Bonchev–Trinajstić information content (AvgIpc) is 2.66. The molecule has 2 N–H and O–H groups in total. The summed E-state index contributed by atoms with van der Waals surface area (Å²) in [4.78, 5) is 11.3. The molecule has 0 saturated carbocycles. The van der Waals surface area contributed by atoms with Crippen LogP contribution in [0.1, 0.15) is 16.1 Å². The van der Waals surface area contributed by atoms with Gasteiger partial charge in [-0.05, 0) is 6.07 Å². The number of hydrogen-bond donors (Lipinski definition) is 2. The molecular formula is C13H12BrNO3. The molecule has 0 aliphatic heterocycles. The molecule has 0 aliphatic carbocycles. The standard InChI is InChI=1S/C13H12BrNO3/c1-8(14)6-15-7-11-12(13(16)17)9-4-2-3-5-10(9)18-11/h2-5,15H,1,6-7H2,(H,16,17). The van der Waals surface area contributed by atoms with E-state index in [1.807, 2.05) is 6.07 Å². The van der Waals surface area contributed by atoms with Crippen molar-refractivity contribution in [1.82, 2.24) is 5.32 Å². The molecular weight excluding hydrogens is 298 g/mol. The van der Waals surface area contributed by atoms with Crippen LogP contribution in [0.2, 0.25) is 0 Å². The Morgan fingerprint density at radius 3 is 2.83 bits per heavy atom.